The monoisotopic (exact) mass is 536 g/mol. The first-order valence-corrected chi connectivity index (χ1v) is 9.51. The zero-order valence-electron chi connectivity index (χ0n) is 15.4. The SMILES string of the molecule is NCc1ccc(Cl)c([N+](=O)[O-])c1Cl.O=C(NCc1ccc(Cl)c([N+](=O)[O-])c1Cl)C(F)(F)F. The van der Waals surface area contributed by atoms with E-state index in [-0.39, 0.29) is 32.9 Å². The molecule has 2 aromatic rings. The number of carbonyl (C=O) groups is 1. The Labute approximate surface area is 197 Å². The van der Waals surface area contributed by atoms with Crippen LogP contribution in [-0.2, 0) is 17.9 Å². The van der Waals surface area contributed by atoms with E-state index in [0.29, 0.717) is 5.56 Å². The zero-order valence-corrected chi connectivity index (χ0v) is 18.4. The molecule has 0 saturated heterocycles. The fourth-order valence-corrected chi connectivity index (χ4v) is 3.23. The zero-order chi connectivity index (χ0) is 24.8. The van der Waals surface area contributed by atoms with Gasteiger partial charge in [-0.15, -0.1) is 0 Å². The number of alkyl halides is 3. The molecule has 0 radical (unpaired) electrons. The van der Waals surface area contributed by atoms with Gasteiger partial charge in [0, 0.05) is 13.1 Å². The van der Waals surface area contributed by atoms with Crippen molar-refractivity contribution in [2.75, 3.05) is 0 Å². The molecule has 0 aliphatic rings. The van der Waals surface area contributed by atoms with Crippen molar-refractivity contribution < 1.29 is 27.8 Å². The maximum absolute atomic E-state index is 11.9. The van der Waals surface area contributed by atoms with Crippen LogP contribution in [-0.4, -0.2) is 21.9 Å². The van der Waals surface area contributed by atoms with Crippen molar-refractivity contribution in [1.29, 1.82) is 0 Å². The van der Waals surface area contributed by atoms with Crippen LogP contribution in [0.15, 0.2) is 24.3 Å². The lowest BCUT2D eigenvalue weighted by atomic mass is 10.2. The summed E-state index contributed by atoms with van der Waals surface area (Å²) in [6.45, 7) is -0.452. The number of nitrogens with zero attached hydrogens (tertiary/aromatic N) is 2. The van der Waals surface area contributed by atoms with Gasteiger partial charge in [0.05, 0.1) is 9.85 Å². The molecule has 0 atom stereocenters. The number of nitro benzene ring substituents is 2. The summed E-state index contributed by atoms with van der Waals surface area (Å²) in [5, 5.41) is 22.1. The van der Waals surface area contributed by atoms with Crippen LogP contribution in [0, 0.1) is 20.2 Å². The fourth-order valence-electron chi connectivity index (χ4n) is 2.07. The van der Waals surface area contributed by atoms with Gasteiger partial charge in [0.2, 0.25) is 0 Å². The molecule has 0 spiro atoms. The maximum atomic E-state index is 11.9. The van der Waals surface area contributed by atoms with Crippen LogP contribution in [0.2, 0.25) is 20.1 Å². The fraction of sp³-hybridized carbons (Fsp3) is 0.188. The minimum Gasteiger partial charge on any atom is -0.344 e. The molecule has 0 aliphatic heterocycles. The van der Waals surface area contributed by atoms with Gasteiger partial charge in [-0.25, -0.2) is 0 Å². The number of nitrogens with two attached hydrogens (primary N) is 1. The summed E-state index contributed by atoms with van der Waals surface area (Å²) < 4.78 is 35.8. The van der Waals surface area contributed by atoms with Gasteiger partial charge in [-0.3, -0.25) is 25.0 Å². The Morgan fingerprint density at radius 3 is 1.69 bits per heavy atom. The summed E-state index contributed by atoms with van der Waals surface area (Å²) in [6, 6.07) is 5.28. The van der Waals surface area contributed by atoms with Crippen molar-refractivity contribution in [3.05, 3.63) is 75.7 Å². The molecule has 0 fully saturated rings. The van der Waals surface area contributed by atoms with Crippen LogP contribution in [0.4, 0.5) is 24.5 Å². The molecule has 16 heteroatoms. The lowest BCUT2D eigenvalue weighted by molar-refractivity contribution is -0.384. The van der Waals surface area contributed by atoms with Gasteiger partial charge < -0.3 is 11.1 Å². The second-order valence-corrected chi connectivity index (χ2v) is 7.21. The van der Waals surface area contributed by atoms with E-state index in [2.05, 4.69) is 0 Å². The Hall–Kier alpha value is -2.38. The molecule has 1 amide bonds. The number of nitro groups is 2. The van der Waals surface area contributed by atoms with E-state index in [0.717, 1.165) is 6.07 Å². The first kappa shape index (κ1) is 27.7. The predicted molar refractivity (Wildman–Crippen MR) is 112 cm³/mol. The summed E-state index contributed by atoms with van der Waals surface area (Å²) >= 11 is 22.5. The van der Waals surface area contributed by atoms with Gasteiger partial charge in [-0.2, -0.15) is 13.2 Å². The number of carbonyl (C=O) groups excluding carboxylic acids is 1. The van der Waals surface area contributed by atoms with E-state index in [1.807, 2.05) is 0 Å². The van der Waals surface area contributed by atoms with Gasteiger partial charge in [0.15, 0.2) is 0 Å². The highest BCUT2D eigenvalue weighted by atomic mass is 35.5. The molecule has 0 aromatic heterocycles. The number of benzene rings is 2. The van der Waals surface area contributed by atoms with Crippen LogP contribution in [0.25, 0.3) is 0 Å². The molecular formula is C16H11Cl4F3N4O5. The average molecular weight is 538 g/mol. The highest BCUT2D eigenvalue weighted by Crippen LogP contribution is 2.35. The molecule has 32 heavy (non-hydrogen) atoms. The number of amides is 1. The molecule has 9 nitrogen and oxygen atoms in total. The van der Waals surface area contributed by atoms with Gasteiger partial charge in [0.25, 0.3) is 0 Å². The van der Waals surface area contributed by atoms with Crippen LogP contribution in [0.1, 0.15) is 11.1 Å². The highest BCUT2D eigenvalue weighted by molar-refractivity contribution is 6.39. The molecule has 0 saturated carbocycles. The van der Waals surface area contributed by atoms with Crippen LogP contribution in [0.3, 0.4) is 0 Å². The van der Waals surface area contributed by atoms with Crippen molar-refractivity contribution in [3.63, 3.8) is 0 Å². The minimum atomic E-state index is -5.04. The molecule has 0 bridgehead atoms. The standard InChI is InChI=1S/C9H5Cl2F3N2O3.C7H6Cl2N2O2/c10-5-2-1-4(6(11)7(5)16(18)19)3-15-8(17)9(12,13)14;8-5-2-1-4(3-10)6(9)7(5)11(12)13/h1-2H,3H2,(H,15,17);1-2H,3,10H2. The Balaban J connectivity index is 0.000000343. The first-order chi connectivity index (χ1) is 14.7. The third-order valence-corrected chi connectivity index (χ3v) is 5.03. The lowest BCUT2D eigenvalue weighted by Crippen LogP contribution is -2.36. The van der Waals surface area contributed by atoms with Crippen molar-refractivity contribution >= 4 is 63.7 Å². The summed E-state index contributed by atoms with van der Waals surface area (Å²) in [4.78, 5) is 30.3. The summed E-state index contributed by atoms with van der Waals surface area (Å²) in [5.41, 5.74) is 4.88. The second kappa shape index (κ2) is 11.5. The Kier molecular flexibility index (Phi) is 9.92. The molecule has 2 rings (SSSR count). The van der Waals surface area contributed by atoms with Crippen molar-refractivity contribution in [1.82, 2.24) is 5.32 Å². The van der Waals surface area contributed by atoms with E-state index in [4.69, 9.17) is 52.1 Å². The maximum Gasteiger partial charge on any atom is 0.471 e. The Morgan fingerprint density at radius 2 is 1.31 bits per heavy atom. The third-order valence-electron chi connectivity index (χ3n) is 3.58. The van der Waals surface area contributed by atoms with Gasteiger partial charge >= 0.3 is 23.5 Å². The second-order valence-electron chi connectivity index (χ2n) is 5.64. The number of rotatable bonds is 5. The molecular weight excluding hydrogens is 527 g/mol. The lowest BCUT2D eigenvalue weighted by Gasteiger charge is -2.09. The molecule has 3 N–H and O–H groups in total. The van der Waals surface area contributed by atoms with Gasteiger partial charge in [0.1, 0.15) is 20.1 Å². The van der Waals surface area contributed by atoms with E-state index in [9.17, 15) is 38.2 Å². The van der Waals surface area contributed by atoms with E-state index in [1.165, 1.54) is 12.1 Å². The number of hydrogen-bond donors (Lipinski definition) is 2. The van der Waals surface area contributed by atoms with Gasteiger partial charge in [-0.1, -0.05) is 58.5 Å². The van der Waals surface area contributed by atoms with E-state index >= 15 is 0 Å². The quantitative estimate of drug-likeness (QED) is 0.384. The number of halogens is 7. The summed E-state index contributed by atoms with van der Waals surface area (Å²) in [7, 11) is 0. The van der Waals surface area contributed by atoms with E-state index < -0.39 is 39.2 Å². The highest BCUT2D eigenvalue weighted by Gasteiger charge is 2.38. The van der Waals surface area contributed by atoms with Crippen LogP contribution >= 0.6 is 46.4 Å². The topological polar surface area (TPSA) is 141 Å². The minimum absolute atomic E-state index is 0.0139. The van der Waals surface area contributed by atoms with Crippen LogP contribution < -0.4 is 11.1 Å². The molecule has 174 valence electrons. The van der Waals surface area contributed by atoms with Crippen molar-refractivity contribution in [3.8, 4) is 0 Å². The molecule has 0 unspecified atom stereocenters. The third kappa shape index (κ3) is 7.07. The van der Waals surface area contributed by atoms with E-state index in [1.54, 1.807) is 11.4 Å². The number of nitrogens with one attached hydrogen (secondary N) is 1. The van der Waals surface area contributed by atoms with Gasteiger partial charge in [-0.05, 0) is 23.3 Å². The molecule has 0 heterocycles. The van der Waals surface area contributed by atoms with Crippen LogP contribution in [0.5, 0.6) is 0 Å². The number of hydrogen-bond acceptors (Lipinski definition) is 6. The average Bonchev–Trinajstić information content (AvgIpc) is 2.66. The molecule has 0 aliphatic carbocycles. The smallest absolute Gasteiger partial charge is 0.344 e. The van der Waals surface area contributed by atoms with Crippen molar-refractivity contribution in [2.45, 2.75) is 19.3 Å². The largest absolute Gasteiger partial charge is 0.471 e. The predicted octanol–water partition coefficient (Wildman–Crippen LogP) is 5.44. The normalized spacial score (nSPS) is 10.8. The molecule has 2 aromatic carbocycles. The summed E-state index contributed by atoms with van der Waals surface area (Å²) in [5.74, 6) is -2.17. The Bertz CT molecular complexity index is 1050. The first-order valence-electron chi connectivity index (χ1n) is 7.99. The summed E-state index contributed by atoms with van der Waals surface area (Å²) in [6.07, 6.45) is -5.04. The Morgan fingerprint density at radius 1 is 0.906 bits per heavy atom. The van der Waals surface area contributed by atoms with Crippen molar-refractivity contribution in [2.24, 2.45) is 5.73 Å².